The quantitative estimate of drug-likeness (QED) is 0.471. The molecule has 2 atom stereocenters. The lowest BCUT2D eigenvalue weighted by molar-refractivity contribution is 0.299. The molecule has 1 aliphatic rings. The highest BCUT2D eigenvalue weighted by Crippen LogP contribution is 2.40. The standard InChI is InChI=1S/C24H20FN5S/c25-17-7-5-9-19(15-17)29-14-6-11-21(29)23-22(20-10-2-4-13-27-20)28-24(31)30(23)16-18-8-1-3-12-26-18/h1-15,22-23H,16H2,(H,28,31). The average molecular weight is 430 g/mol. The molecule has 0 saturated carbocycles. The minimum atomic E-state index is -0.274. The zero-order valence-electron chi connectivity index (χ0n) is 16.6. The molecule has 4 heterocycles. The van der Waals surface area contributed by atoms with Crippen LogP contribution in [0.4, 0.5) is 4.39 Å². The number of nitrogens with one attached hydrogen (secondary N) is 1. The zero-order chi connectivity index (χ0) is 21.2. The van der Waals surface area contributed by atoms with Gasteiger partial charge in [-0.3, -0.25) is 9.97 Å². The molecule has 7 heteroatoms. The van der Waals surface area contributed by atoms with Crippen LogP contribution >= 0.6 is 12.2 Å². The van der Waals surface area contributed by atoms with Crippen LogP contribution in [0.25, 0.3) is 5.69 Å². The Bertz CT molecular complexity index is 1190. The third kappa shape index (κ3) is 3.80. The van der Waals surface area contributed by atoms with Crippen molar-refractivity contribution in [3.63, 3.8) is 0 Å². The molecule has 1 fully saturated rings. The van der Waals surface area contributed by atoms with E-state index in [4.69, 9.17) is 12.2 Å². The molecule has 4 aromatic rings. The van der Waals surface area contributed by atoms with Crippen LogP contribution in [0.1, 0.15) is 29.2 Å². The molecule has 154 valence electrons. The molecule has 2 unspecified atom stereocenters. The number of hydrogen-bond donors (Lipinski definition) is 1. The summed E-state index contributed by atoms with van der Waals surface area (Å²) in [5.74, 6) is -0.274. The second kappa shape index (κ2) is 8.28. The van der Waals surface area contributed by atoms with Crippen molar-refractivity contribution in [1.82, 2.24) is 24.8 Å². The number of rotatable bonds is 5. The first-order chi connectivity index (χ1) is 15.2. The van der Waals surface area contributed by atoms with Crippen molar-refractivity contribution in [2.45, 2.75) is 18.6 Å². The van der Waals surface area contributed by atoms with Crippen molar-refractivity contribution in [3.8, 4) is 5.69 Å². The van der Waals surface area contributed by atoms with Gasteiger partial charge in [-0.1, -0.05) is 18.2 Å². The molecular weight excluding hydrogens is 409 g/mol. The van der Waals surface area contributed by atoms with Crippen LogP contribution in [0.3, 0.4) is 0 Å². The lowest BCUT2D eigenvalue weighted by atomic mass is 10.0. The van der Waals surface area contributed by atoms with Gasteiger partial charge in [0.05, 0.1) is 30.0 Å². The fraction of sp³-hybridized carbons (Fsp3) is 0.125. The Morgan fingerprint density at radius 1 is 0.935 bits per heavy atom. The molecular formula is C24H20FN5S. The molecule has 1 aromatic carbocycles. The van der Waals surface area contributed by atoms with Crippen LogP contribution in [-0.4, -0.2) is 24.5 Å². The average Bonchev–Trinajstić information content (AvgIpc) is 3.40. The highest BCUT2D eigenvalue weighted by atomic mass is 32.1. The Morgan fingerprint density at radius 3 is 2.52 bits per heavy atom. The largest absolute Gasteiger partial charge is 0.352 e. The Morgan fingerprint density at radius 2 is 1.77 bits per heavy atom. The first kappa shape index (κ1) is 19.4. The van der Waals surface area contributed by atoms with E-state index in [0.29, 0.717) is 11.7 Å². The van der Waals surface area contributed by atoms with Gasteiger partial charge in [-0.25, -0.2) is 4.39 Å². The summed E-state index contributed by atoms with van der Waals surface area (Å²) in [4.78, 5) is 11.2. The lowest BCUT2D eigenvalue weighted by Gasteiger charge is -2.28. The van der Waals surface area contributed by atoms with Crippen molar-refractivity contribution in [2.24, 2.45) is 0 Å². The van der Waals surface area contributed by atoms with E-state index in [1.165, 1.54) is 12.1 Å². The minimum absolute atomic E-state index is 0.150. The smallest absolute Gasteiger partial charge is 0.170 e. The Balaban J connectivity index is 1.61. The molecule has 0 amide bonds. The van der Waals surface area contributed by atoms with E-state index in [2.05, 4.69) is 20.2 Å². The van der Waals surface area contributed by atoms with Crippen LogP contribution in [0.2, 0.25) is 0 Å². The van der Waals surface area contributed by atoms with Crippen molar-refractivity contribution in [2.75, 3.05) is 0 Å². The monoisotopic (exact) mass is 429 g/mol. The summed E-state index contributed by atoms with van der Waals surface area (Å²) in [6.45, 7) is 0.551. The molecule has 1 aliphatic heterocycles. The molecule has 0 radical (unpaired) electrons. The van der Waals surface area contributed by atoms with Gasteiger partial charge < -0.3 is 14.8 Å². The van der Waals surface area contributed by atoms with Gasteiger partial charge in [-0.05, 0) is 66.8 Å². The maximum atomic E-state index is 14.0. The maximum absolute atomic E-state index is 14.0. The van der Waals surface area contributed by atoms with Gasteiger partial charge in [-0.2, -0.15) is 0 Å². The Hall–Kier alpha value is -3.58. The van der Waals surface area contributed by atoms with Gasteiger partial charge in [0.15, 0.2) is 5.11 Å². The second-order valence-electron chi connectivity index (χ2n) is 7.36. The van der Waals surface area contributed by atoms with Gasteiger partial charge >= 0.3 is 0 Å². The number of halogens is 1. The van der Waals surface area contributed by atoms with E-state index in [1.54, 1.807) is 18.5 Å². The van der Waals surface area contributed by atoms with E-state index in [9.17, 15) is 4.39 Å². The molecule has 1 N–H and O–H groups in total. The second-order valence-corrected chi connectivity index (χ2v) is 7.75. The van der Waals surface area contributed by atoms with Crippen LogP contribution < -0.4 is 5.32 Å². The summed E-state index contributed by atoms with van der Waals surface area (Å²) in [6.07, 6.45) is 5.51. The highest BCUT2D eigenvalue weighted by Gasteiger charge is 2.41. The number of thiocarbonyl (C=S) groups is 1. The number of benzene rings is 1. The summed E-state index contributed by atoms with van der Waals surface area (Å²) >= 11 is 5.74. The van der Waals surface area contributed by atoms with Gasteiger partial charge in [-0.15, -0.1) is 0 Å². The summed E-state index contributed by atoms with van der Waals surface area (Å²) in [7, 11) is 0. The third-order valence-electron chi connectivity index (χ3n) is 5.43. The third-order valence-corrected chi connectivity index (χ3v) is 5.78. The molecule has 5 nitrogen and oxygen atoms in total. The molecule has 31 heavy (non-hydrogen) atoms. The van der Waals surface area contributed by atoms with Crippen molar-refractivity contribution < 1.29 is 4.39 Å². The van der Waals surface area contributed by atoms with Crippen molar-refractivity contribution in [1.29, 1.82) is 0 Å². The molecule has 5 rings (SSSR count). The number of aromatic nitrogens is 3. The molecule has 0 aliphatic carbocycles. The van der Waals surface area contributed by atoms with Crippen molar-refractivity contribution >= 4 is 17.3 Å². The predicted molar refractivity (Wildman–Crippen MR) is 121 cm³/mol. The maximum Gasteiger partial charge on any atom is 0.170 e. The van der Waals surface area contributed by atoms with E-state index in [-0.39, 0.29) is 17.9 Å². The van der Waals surface area contributed by atoms with Crippen molar-refractivity contribution in [3.05, 3.63) is 114 Å². The lowest BCUT2D eigenvalue weighted by Crippen LogP contribution is -2.30. The molecule has 1 saturated heterocycles. The Kier molecular flexibility index (Phi) is 5.18. The normalized spacial score (nSPS) is 18.2. The van der Waals surface area contributed by atoms with Crippen LogP contribution in [0, 0.1) is 5.82 Å². The summed E-state index contributed by atoms with van der Waals surface area (Å²) in [5, 5.41) is 4.09. The zero-order valence-corrected chi connectivity index (χ0v) is 17.4. The van der Waals surface area contributed by atoms with Crippen LogP contribution in [0.5, 0.6) is 0 Å². The van der Waals surface area contributed by atoms with Crippen LogP contribution in [-0.2, 0) is 6.54 Å². The minimum Gasteiger partial charge on any atom is -0.352 e. The highest BCUT2D eigenvalue weighted by molar-refractivity contribution is 7.80. The van der Waals surface area contributed by atoms with Gasteiger partial charge in [0.2, 0.25) is 0 Å². The van der Waals surface area contributed by atoms with Crippen LogP contribution in [0.15, 0.2) is 91.4 Å². The fourth-order valence-electron chi connectivity index (χ4n) is 4.06. The first-order valence-electron chi connectivity index (χ1n) is 10.0. The topological polar surface area (TPSA) is 46.0 Å². The summed E-state index contributed by atoms with van der Waals surface area (Å²) < 4.78 is 16.0. The molecule has 0 bridgehead atoms. The van der Waals surface area contributed by atoms with Gasteiger partial charge in [0, 0.05) is 30.0 Å². The van der Waals surface area contributed by atoms with E-state index in [1.807, 2.05) is 65.4 Å². The number of pyridine rings is 2. The fourth-order valence-corrected chi connectivity index (χ4v) is 4.36. The Labute approximate surface area is 185 Å². The number of hydrogen-bond acceptors (Lipinski definition) is 3. The van der Waals surface area contributed by atoms with E-state index >= 15 is 0 Å². The summed E-state index contributed by atoms with van der Waals surface area (Å²) in [6, 6.07) is 22.0. The van der Waals surface area contributed by atoms with E-state index < -0.39 is 0 Å². The van der Waals surface area contributed by atoms with E-state index in [0.717, 1.165) is 22.8 Å². The van der Waals surface area contributed by atoms with Gasteiger partial charge in [0.1, 0.15) is 5.82 Å². The summed E-state index contributed by atoms with van der Waals surface area (Å²) in [5.41, 5.74) is 3.56. The predicted octanol–water partition coefficient (Wildman–Crippen LogP) is 4.58. The first-order valence-corrected chi connectivity index (χ1v) is 10.4. The SMILES string of the molecule is Fc1cccc(-n2cccc2C2C(c3ccccn3)NC(=S)N2Cc2ccccn2)c1. The molecule has 0 spiro atoms. The molecule has 3 aromatic heterocycles. The van der Waals surface area contributed by atoms with Gasteiger partial charge in [0.25, 0.3) is 0 Å². The number of nitrogens with zero attached hydrogens (tertiary/aromatic N) is 4.